The molecule has 1 unspecified atom stereocenters. The molecule has 0 heterocycles. The molecule has 0 N–H and O–H groups in total. The Morgan fingerprint density at radius 3 is 1.19 bits per heavy atom. The minimum Gasteiger partial charge on any atom is -1.00 e. The Kier molecular flexibility index (Phi) is 13.6. The Bertz CT molecular complexity index is 2260. The Labute approximate surface area is 382 Å². The zero-order chi connectivity index (χ0) is 42.7. The Morgan fingerprint density at radius 1 is 0.525 bits per heavy atom. The molecule has 0 saturated heterocycles. The first kappa shape index (κ1) is 49.9. The van der Waals surface area contributed by atoms with E-state index in [-0.39, 0.29) is 61.4 Å². The van der Waals surface area contributed by atoms with Gasteiger partial charge in [-0.15, -0.1) is 0 Å². The van der Waals surface area contributed by atoms with Crippen LogP contribution in [0, 0.1) is 17.3 Å². The molecule has 0 bridgehead atoms. The second-order valence-electron chi connectivity index (χ2n) is 23.2. The summed E-state index contributed by atoms with van der Waals surface area (Å²) in [5.41, 5.74) is 12.2. The van der Waals surface area contributed by atoms with Crippen molar-refractivity contribution in [3.63, 3.8) is 0 Å². The molecule has 0 saturated carbocycles. The average molecular weight is 952 g/mol. The van der Waals surface area contributed by atoms with E-state index in [2.05, 4.69) is 191 Å². The minimum absolute atomic E-state index is 0. The van der Waals surface area contributed by atoms with Crippen molar-refractivity contribution in [2.75, 3.05) is 0 Å². The van der Waals surface area contributed by atoms with Crippen LogP contribution in [-0.4, -0.2) is 4.21 Å². The molecule has 0 nitrogen and oxygen atoms in total. The summed E-state index contributed by atoms with van der Waals surface area (Å²) in [5.74, 6) is 0.547. The first-order valence-electron chi connectivity index (χ1n) is 21.3. The molecule has 318 valence electrons. The van der Waals surface area contributed by atoms with Crippen molar-refractivity contribution in [1.82, 2.24) is 0 Å². The number of rotatable bonds is 5. The fourth-order valence-corrected chi connectivity index (χ4v) is 29.5. The van der Waals surface area contributed by atoms with Gasteiger partial charge in [0.25, 0.3) is 0 Å². The fourth-order valence-electron chi connectivity index (χ4n) is 10.4. The van der Waals surface area contributed by atoms with E-state index in [0.29, 0.717) is 5.92 Å². The molecular weight excluding hydrogens is 882 g/mol. The maximum atomic E-state index is 7.20. The fraction of sp³-hybridized carbons (Fsp3) is 0.463. The van der Waals surface area contributed by atoms with Crippen molar-refractivity contribution in [3.8, 4) is 11.1 Å². The van der Waals surface area contributed by atoms with Crippen LogP contribution in [0.3, 0.4) is 0 Å². The molecule has 0 aromatic heterocycles. The number of allylic oxidation sites excluding steroid dienone is 4. The second-order valence-corrected chi connectivity index (χ2v) is 37.3. The van der Waals surface area contributed by atoms with Gasteiger partial charge in [-0.3, -0.25) is 0 Å². The van der Waals surface area contributed by atoms with Gasteiger partial charge < -0.3 is 24.8 Å². The number of fused-ring (bicyclic) bond motifs is 3. The van der Waals surface area contributed by atoms with Gasteiger partial charge >= 0.3 is 361 Å². The van der Waals surface area contributed by atoms with Crippen molar-refractivity contribution in [1.29, 1.82) is 0 Å². The van der Waals surface area contributed by atoms with Gasteiger partial charge in [0, 0.05) is 0 Å². The molecule has 6 rings (SSSR count). The van der Waals surface area contributed by atoms with Crippen LogP contribution in [0.25, 0.3) is 11.1 Å². The van der Waals surface area contributed by atoms with Crippen LogP contribution in [0.2, 0.25) is 10.0 Å². The quantitative estimate of drug-likeness (QED) is 0.188. The smallest absolute Gasteiger partial charge is 1.00 e. The van der Waals surface area contributed by atoms with Crippen molar-refractivity contribution in [2.45, 2.75) is 143 Å². The Balaban J connectivity index is 0.00000384. The van der Waals surface area contributed by atoms with Crippen molar-refractivity contribution < 1.29 is 43.1 Å². The number of hydrogen-bond acceptors (Lipinski definition) is 0. The molecule has 0 spiro atoms. The maximum absolute atomic E-state index is 7.20. The largest absolute Gasteiger partial charge is 1.00 e. The molecule has 0 fully saturated rings. The molecule has 59 heavy (non-hydrogen) atoms. The monoisotopic (exact) mass is 948 g/mol. The number of hydrogen-bond donors (Lipinski definition) is 0. The number of halogens is 4. The summed E-state index contributed by atoms with van der Waals surface area (Å²) < 4.78 is 10.1. The van der Waals surface area contributed by atoms with Crippen molar-refractivity contribution in [2.24, 2.45) is 17.3 Å². The third kappa shape index (κ3) is 8.42. The molecule has 0 aliphatic heterocycles. The predicted molar refractivity (Wildman–Crippen MR) is 252 cm³/mol. The van der Waals surface area contributed by atoms with Crippen LogP contribution in [-0.2, 0) is 40.0 Å². The molecule has 5 heteroatoms. The van der Waals surface area contributed by atoms with E-state index in [1.807, 2.05) is 12.1 Å². The zero-order valence-corrected chi connectivity index (χ0v) is 44.5. The topological polar surface area (TPSA) is 0 Å². The maximum Gasteiger partial charge on any atom is -1.00 e. The van der Waals surface area contributed by atoms with E-state index < -0.39 is 18.3 Å². The van der Waals surface area contributed by atoms with E-state index >= 15 is 0 Å². The van der Waals surface area contributed by atoms with Gasteiger partial charge in [0.15, 0.2) is 0 Å². The molecule has 1 atom stereocenters. The van der Waals surface area contributed by atoms with Gasteiger partial charge in [-0.2, -0.15) is 0 Å². The molecule has 0 amide bonds. The average Bonchev–Trinajstić information content (AvgIpc) is 3.67. The van der Waals surface area contributed by atoms with Crippen LogP contribution in [0.5, 0.6) is 0 Å². The molecule has 4 aromatic rings. The third-order valence-corrected chi connectivity index (χ3v) is 31.0. The summed E-state index contributed by atoms with van der Waals surface area (Å²) in [7, 11) is 0. The van der Waals surface area contributed by atoms with Crippen LogP contribution in [0.15, 0.2) is 93.8 Å². The minimum atomic E-state index is -5.45. The third-order valence-electron chi connectivity index (χ3n) is 13.4. The molecule has 2 aliphatic carbocycles. The Hall–Kier alpha value is -1.73. The molecule has 4 aromatic carbocycles. The summed E-state index contributed by atoms with van der Waals surface area (Å²) >= 11 is 8.96. The van der Waals surface area contributed by atoms with Crippen LogP contribution >= 0.6 is 23.2 Å². The Morgan fingerprint density at radius 2 is 0.881 bits per heavy atom. The van der Waals surface area contributed by atoms with Gasteiger partial charge in [-0.1, -0.05) is 0 Å². The first-order chi connectivity index (χ1) is 25.9. The summed E-state index contributed by atoms with van der Waals surface area (Å²) in [6, 6.07) is 28.2. The summed E-state index contributed by atoms with van der Waals surface area (Å²) in [6.45, 7) is 40.4. The van der Waals surface area contributed by atoms with E-state index in [9.17, 15) is 0 Å². The van der Waals surface area contributed by atoms with Crippen molar-refractivity contribution in [3.05, 3.63) is 137 Å². The molecular formula is C54H70Cl4Zr. The van der Waals surface area contributed by atoms with Crippen molar-refractivity contribution >= 4 is 34.0 Å². The first-order valence-corrected chi connectivity index (χ1v) is 28.9. The normalized spacial score (nSPS) is 16.2. The van der Waals surface area contributed by atoms with Crippen LogP contribution in [0.1, 0.15) is 155 Å². The van der Waals surface area contributed by atoms with E-state index in [4.69, 9.17) is 27.4 Å². The predicted octanol–water partition coefficient (Wildman–Crippen LogP) is 9.18. The van der Waals surface area contributed by atoms with Gasteiger partial charge in [-0.05, 0) is 0 Å². The van der Waals surface area contributed by atoms with E-state index in [1.54, 1.807) is 0 Å². The van der Waals surface area contributed by atoms with Crippen LogP contribution < -0.4 is 31.4 Å². The summed E-state index contributed by atoms with van der Waals surface area (Å²) in [6.07, 6.45) is 5.21. The van der Waals surface area contributed by atoms with Crippen LogP contribution in [0.4, 0.5) is 0 Å². The van der Waals surface area contributed by atoms with E-state index in [1.165, 1.54) is 59.9 Å². The van der Waals surface area contributed by atoms with Gasteiger partial charge in [0.05, 0.1) is 0 Å². The molecule has 0 radical (unpaired) electrons. The molecule has 2 aliphatic rings. The second kappa shape index (κ2) is 16.1. The summed E-state index contributed by atoms with van der Waals surface area (Å²) in [5, 5.41) is 1.50. The van der Waals surface area contributed by atoms with E-state index in [0.717, 1.165) is 10.0 Å². The summed E-state index contributed by atoms with van der Waals surface area (Å²) in [4.78, 5) is 0. The SMILES string of the molecule is [CH2]=[Zr+2]([C]1=CC(C(C)(C)C)=CC1C(C)C)([c]1cccc(Cl)c1)([c]1cccc(Cl)c1)[CH]1c2cc(C(C)(C)C)c(C(C)(C)C)cc2-c2cc(C(C)(C)C)c(C(C)(C)C)cc21.[Cl-].[Cl-]. The van der Waals surface area contributed by atoms with Gasteiger partial charge in [0.1, 0.15) is 0 Å². The number of benzene rings is 4. The van der Waals surface area contributed by atoms with Gasteiger partial charge in [0.2, 0.25) is 0 Å². The zero-order valence-electron chi connectivity index (χ0n) is 39.0. The standard InChI is InChI=1S/C29H41.C12H19.2C6H4Cl.CH2.2ClH.Zr/c1-26(2,3)22-14-18-13-19-15-23(27(4,5)6)25(29(10,11)12)17-21(19)20(18)16-24(22)28(7,8)9;1-9(2)10-6-7-11(8-10)12(3,4)5;2*7-6-4-2-1-3-5-6;;;;/h13-17H,1-12H3;7-10H,1-5H3;2*1-2,4-5H;1H2;2*1H;/q;;;;;;;+2/p-2. The van der Waals surface area contributed by atoms with Gasteiger partial charge in [-0.25, -0.2) is 0 Å².